The first kappa shape index (κ1) is 26.5. The predicted molar refractivity (Wildman–Crippen MR) is 134 cm³/mol. The average molecular weight is 403 g/mol. The van der Waals surface area contributed by atoms with Gasteiger partial charge in [-0.15, -0.1) is 0 Å². The zero-order valence-corrected chi connectivity index (χ0v) is 20.2. The molecule has 0 saturated heterocycles. The summed E-state index contributed by atoms with van der Waals surface area (Å²) in [5, 5.41) is 0. The monoisotopic (exact) mass is 402 g/mol. The number of hydrogen-bond acceptors (Lipinski definition) is 0. The van der Waals surface area contributed by atoms with E-state index in [0.717, 1.165) is 0 Å². The summed E-state index contributed by atoms with van der Waals surface area (Å²) in [5.74, 6) is 0. The van der Waals surface area contributed by atoms with Crippen molar-refractivity contribution in [2.75, 3.05) is 0 Å². The lowest BCUT2D eigenvalue weighted by molar-refractivity contribution is 0.519. The van der Waals surface area contributed by atoms with Gasteiger partial charge in [-0.1, -0.05) is 166 Å². The SMILES string of the molecule is CCCCCCCCCCCCCCCCCCCCCCCCC1=CCC=C1. The Labute approximate surface area is 185 Å². The molecule has 0 aromatic heterocycles. The van der Waals surface area contributed by atoms with Crippen LogP contribution in [0.5, 0.6) is 0 Å². The van der Waals surface area contributed by atoms with Crippen LogP contribution in [0, 0.1) is 0 Å². The molecule has 0 aromatic rings. The summed E-state index contributed by atoms with van der Waals surface area (Å²) in [7, 11) is 0. The lowest BCUT2D eigenvalue weighted by Gasteiger charge is -2.04. The van der Waals surface area contributed by atoms with E-state index in [2.05, 4.69) is 25.2 Å². The van der Waals surface area contributed by atoms with Crippen molar-refractivity contribution in [1.82, 2.24) is 0 Å². The van der Waals surface area contributed by atoms with Gasteiger partial charge in [0, 0.05) is 0 Å². The van der Waals surface area contributed by atoms with Crippen molar-refractivity contribution in [2.45, 2.75) is 161 Å². The van der Waals surface area contributed by atoms with Gasteiger partial charge in [0.15, 0.2) is 0 Å². The van der Waals surface area contributed by atoms with E-state index in [0.29, 0.717) is 0 Å². The summed E-state index contributed by atoms with van der Waals surface area (Å²) in [5.41, 5.74) is 1.58. The van der Waals surface area contributed by atoms with Gasteiger partial charge in [0.25, 0.3) is 0 Å². The van der Waals surface area contributed by atoms with E-state index in [4.69, 9.17) is 0 Å². The predicted octanol–water partition coefficient (Wildman–Crippen LogP) is 10.9. The summed E-state index contributed by atoms with van der Waals surface area (Å²) in [6, 6.07) is 0. The summed E-state index contributed by atoms with van der Waals surface area (Å²) < 4.78 is 0. The maximum Gasteiger partial charge on any atom is -0.0160 e. The second-order valence-corrected chi connectivity index (χ2v) is 9.59. The van der Waals surface area contributed by atoms with Crippen LogP contribution in [0.15, 0.2) is 23.8 Å². The molecular formula is C29H54. The second-order valence-electron chi connectivity index (χ2n) is 9.59. The molecule has 0 heterocycles. The van der Waals surface area contributed by atoms with Crippen LogP contribution in [-0.4, -0.2) is 0 Å². The lowest BCUT2D eigenvalue weighted by Crippen LogP contribution is -1.84. The molecule has 0 fully saturated rings. The van der Waals surface area contributed by atoms with Crippen LogP contribution in [0.2, 0.25) is 0 Å². The molecule has 0 aliphatic heterocycles. The number of rotatable bonds is 23. The van der Waals surface area contributed by atoms with Crippen LogP contribution in [0.25, 0.3) is 0 Å². The summed E-state index contributed by atoms with van der Waals surface area (Å²) in [4.78, 5) is 0. The zero-order valence-electron chi connectivity index (χ0n) is 20.2. The fourth-order valence-electron chi connectivity index (χ4n) is 4.63. The van der Waals surface area contributed by atoms with Crippen molar-refractivity contribution >= 4 is 0 Å². The lowest BCUT2D eigenvalue weighted by atomic mass is 10.0. The van der Waals surface area contributed by atoms with E-state index in [-0.39, 0.29) is 0 Å². The molecule has 1 aliphatic carbocycles. The Morgan fingerprint density at radius 1 is 0.483 bits per heavy atom. The van der Waals surface area contributed by atoms with Gasteiger partial charge in [0.1, 0.15) is 0 Å². The van der Waals surface area contributed by atoms with Gasteiger partial charge in [0.2, 0.25) is 0 Å². The molecule has 0 saturated carbocycles. The first-order valence-corrected chi connectivity index (χ1v) is 13.8. The molecule has 0 spiro atoms. The van der Waals surface area contributed by atoms with E-state index in [1.54, 1.807) is 5.57 Å². The molecule has 0 atom stereocenters. The van der Waals surface area contributed by atoms with Crippen LogP contribution in [0.1, 0.15) is 161 Å². The fourth-order valence-corrected chi connectivity index (χ4v) is 4.63. The topological polar surface area (TPSA) is 0 Å². The Bertz CT molecular complexity index is 375. The number of allylic oxidation sites excluding steroid dienone is 4. The smallest absolute Gasteiger partial charge is 0.0160 e. The van der Waals surface area contributed by atoms with Crippen LogP contribution in [0.3, 0.4) is 0 Å². The maximum atomic E-state index is 2.39. The third kappa shape index (κ3) is 19.2. The van der Waals surface area contributed by atoms with Crippen molar-refractivity contribution in [2.24, 2.45) is 0 Å². The maximum absolute atomic E-state index is 2.39. The first-order valence-electron chi connectivity index (χ1n) is 13.8. The molecule has 1 rings (SSSR count). The molecule has 0 nitrogen and oxygen atoms in total. The highest BCUT2D eigenvalue weighted by Gasteiger charge is 1.98. The molecule has 29 heavy (non-hydrogen) atoms. The van der Waals surface area contributed by atoms with Gasteiger partial charge in [0.05, 0.1) is 0 Å². The Balaban J connectivity index is 1.63. The minimum Gasteiger partial charge on any atom is -0.0805 e. The average Bonchev–Trinajstić information content (AvgIpc) is 3.25. The molecule has 0 aromatic carbocycles. The third-order valence-electron chi connectivity index (χ3n) is 6.67. The standard InChI is InChI=1S/C29H54/c1-2-3-4-5-6-7-8-9-10-11-12-13-14-15-16-17-18-19-20-21-22-23-26-29-27-24-25-28-29/h24,27-28H,2-23,25-26H2,1H3. The Hall–Kier alpha value is -0.520. The van der Waals surface area contributed by atoms with Gasteiger partial charge in [-0.2, -0.15) is 0 Å². The molecule has 0 bridgehead atoms. The molecule has 1 aliphatic rings. The highest BCUT2D eigenvalue weighted by atomic mass is 14.0. The molecule has 170 valence electrons. The molecule has 0 unspecified atom stereocenters. The molecular weight excluding hydrogens is 348 g/mol. The number of unbranched alkanes of at least 4 members (excludes halogenated alkanes) is 21. The Morgan fingerprint density at radius 2 is 0.828 bits per heavy atom. The van der Waals surface area contributed by atoms with Crippen LogP contribution < -0.4 is 0 Å². The van der Waals surface area contributed by atoms with Gasteiger partial charge >= 0.3 is 0 Å². The summed E-state index contributed by atoms with van der Waals surface area (Å²) in [6.45, 7) is 2.30. The van der Waals surface area contributed by atoms with Crippen LogP contribution in [-0.2, 0) is 0 Å². The fraction of sp³-hybridized carbons (Fsp3) is 0.862. The van der Waals surface area contributed by atoms with E-state index in [1.807, 2.05) is 0 Å². The van der Waals surface area contributed by atoms with E-state index >= 15 is 0 Å². The minimum atomic E-state index is 1.18. The van der Waals surface area contributed by atoms with Gasteiger partial charge in [-0.3, -0.25) is 0 Å². The van der Waals surface area contributed by atoms with Crippen LogP contribution in [0.4, 0.5) is 0 Å². The van der Waals surface area contributed by atoms with E-state index in [1.165, 1.54) is 154 Å². The third-order valence-corrected chi connectivity index (χ3v) is 6.67. The largest absolute Gasteiger partial charge is 0.0805 e. The quantitative estimate of drug-likeness (QED) is 0.149. The summed E-state index contributed by atoms with van der Waals surface area (Å²) in [6.07, 6.45) is 41.8. The highest BCUT2D eigenvalue weighted by molar-refractivity contribution is 5.25. The Kier molecular flexibility index (Phi) is 20.3. The van der Waals surface area contributed by atoms with Crippen molar-refractivity contribution < 1.29 is 0 Å². The van der Waals surface area contributed by atoms with Crippen LogP contribution >= 0.6 is 0 Å². The van der Waals surface area contributed by atoms with Gasteiger partial charge in [-0.05, 0) is 19.3 Å². The van der Waals surface area contributed by atoms with E-state index in [9.17, 15) is 0 Å². The van der Waals surface area contributed by atoms with Crippen molar-refractivity contribution in [3.63, 3.8) is 0 Å². The van der Waals surface area contributed by atoms with Crippen molar-refractivity contribution in [3.05, 3.63) is 23.8 Å². The second kappa shape index (κ2) is 22.2. The summed E-state index contributed by atoms with van der Waals surface area (Å²) >= 11 is 0. The van der Waals surface area contributed by atoms with Gasteiger partial charge in [-0.25, -0.2) is 0 Å². The molecule has 0 amide bonds. The molecule has 0 heteroatoms. The van der Waals surface area contributed by atoms with Crippen molar-refractivity contribution in [3.8, 4) is 0 Å². The number of hydrogen-bond donors (Lipinski definition) is 0. The minimum absolute atomic E-state index is 1.18. The first-order chi connectivity index (χ1) is 14.4. The van der Waals surface area contributed by atoms with E-state index < -0.39 is 0 Å². The Morgan fingerprint density at radius 3 is 1.14 bits per heavy atom. The highest BCUT2D eigenvalue weighted by Crippen LogP contribution is 2.18. The normalized spacial score (nSPS) is 13.3. The molecule has 0 radical (unpaired) electrons. The molecule has 0 N–H and O–H groups in total. The van der Waals surface area contributed by atoms with Crippen molar-refractivity contribution in [1.29, 1.82) is 0 Å². The zero-order chi connectivity index (χ0) is 20.7. The van der Waals surface area contributed by atoms with Gasteiger partial charge < -0.3 is 0 Å².